The molecule has 0 spiro atoms. The van der Waals surface area contributed by atoms with E-state index in [1.165, 1.54) is 0 Å². The third-order valence-electron chi connectivity index (χ3n) is 4.26. The van der Waals surface area contributed by atoms with Crippen molar-refractivity contribution in [1.82, 2.24) is 15.5 Å². The van der Waals surface area contributed by atoms with Crippen molar-refractivity contribution in [3.63, 3.8) is 0 Å². The maximum Gasteiger partial charge on any atom is 0.247 e. The molecule has 0 fully saturated rings. The lowest BCUT2D eigenvalue weighted by Crippen LogP contribution is -2.25. The van der Waals surface area contributed by atoms with Gasteiger partial charge in [0.15, 0.2) is 0 Å². The van der Waals surface area contributed by atoms with E-state index in [9.17, 15) is 0 Å². The van der Waals surface area contributed by atoms with Crippen molar-refractivity contribution in [3.8, 4) is 11.5 Å². The van der Waals surface area contributed by atoms with E-state index in [0.29, 0.717) is 16.8 Å². The van der Waals surface area contributed by atoms with Crippen molar-refractivity contribution in [3.05, 3.63) is 95.2 Å². The van der Waals surface area contributed by atoms with Crippen LogP contribution in [0.3, 0.4) is 0 Å². The Morgan fingerprint density at radius 1 is 0.963 bits per heavy atom. The van der Waals surface area contributed by atoms with Gasteiger partial charge in [0, 0.05) is 10.6 Å². The van der Waals surface area contributed by atoms with E-state index in [4.69, 9.17) is 20.4 Å². The molecular weight excluding hydrogens is 362 g/mol. The van der Waals surface area contributed by atoms with Crippen LogP contribution in [0, 0.1) is 0 Å². The van der Waals surface area contributed by atoms with E-state index in [0.717, 1.165) is 16.9 Å². The minimum Gasteiger partial charge on any atom is -0.467 e. The van der Waals surface area contributed by atoms with Crippen molar-refractivity contribution >= 4 is 11.6 Å². The summed E-state index contributed by atoms with van der Waals surface area (Å²) in [5, 5.41) is 12.5. The van der Waals surface area contributed by atoms with E-state index in [2.05, 4.69) is 27.6 Å². The van der Waals surface area contributed by atoms with Crippen LogP contribution in [0.2, 0.25) is 5.02 Å². The van der Waals surface area contributed by atoms with Crippen LogP contribution in [0.1, 0.15) is 36.2 Å². The molecule has 0 unspecified atom stereocenters. The molecule has 0 aliphatic heterocycles. The molecule has 0 aliphatic rings. The first-order valence-electron chi connectivity index (χ1n) is 8.64. The van der Waals surface area contributed by atoms with Crippen molar-refractivity contribution < 1.29 is 8.83 Å². The largest absolute Gasteiger partial charge is 0.467 e. The Morgan fingerprint density at radius 2 is 1.81 bits per heavy atom. The molecule has 5 nitrogen and oxygen atoms in total. The van der Waals surface area contributed by atoms with Gasteiger partial charge in [-0.15, -0.1) is 10.2 Å². The fourth-order valence-corrected chi connectivity index (χ4v) is 3.10. The molecule has 136 valence electrons. The molecule has 1 N–H and O–H groups in total. The van der Waals surface area contributed by atoms with Crippen LogP contribution in [0.4, 0.5) is 0 Å². The summed E-state index contributed by atoms with van der Waals surface area (Å²) in [7, 11) is 0. The second-order valence-electron chi connectivity index (χ2n) is 6.20. The second kappa shape index (κ2) is 7.78. The van der Waals surface area contributed by atoms with Crippen LogP contribution in [-0.2, 0) is 0 Å². The molecule has 2 aromatic carbocycles. The number of rotatable bonds is 6. The highest BCUT2D eigenvalue weighted by Crippen LogP contribution is 2.28. The van der Waals surface area contributed by atoms with Gasteiger partial charge in [0.25, 0.3) is 0 Å². The maximum absolute atomic E-state index is 6.05. The minimum absolute atomic E-state index is 0.127. The Morgan fingerprint density at radius 3 is 2.56 bits per heavy atom. The summed E-state index contributed by atoms with van der Waals surface area (Å²) in [4.78, 5) is 0. The highest BCUT2D eigenvalue weighted by molar-refractivity contribution is 6.30. The highest BCUT2D eigenvalue weighted by Gasteiger charge is 2.23. The third-order valence-corrected chi connectivity index (χ3v) is 4.49. The summed E-state index contributed by atoms with van der Waals surface area (Å²) in [6.45, 7) is 1.98. The smallest absolute Gasteiger partial charge is 0.247 e. The second-order valence-corrected chi connectivity index (χ2v) is 6.64. The van der Waals surface area contributed by atoms with E-state index in [1.54, 1.807) is 18.4 Å². The summed E-state index contributed by atoms with van der Waals surface area (Å²) in [6, 6.07) is 21.0. The number of furan rings is 1. The SMILES string of the molecule is C[C@H](N[C@@H](c1ccccc1)c1ccco1)c1nnc(-c2cccc(Cl)c2)o1. The van der Waals surface area contributed by atoms with Gasteiger partial charge in [0.1, 0.15) is 5.76 Å². The topological polar surface area (TPSA) is 64.1 Å². The number of nitrogens with one attached hydrogen (secondary N) is 1. The number of nitrogens with zero attached hydrogens (tertiary/aromatic N) is 2. The van der Waals surface area contributed by atoms with Gasteiger partial charge < -0.3 is 8.83 Å². The van der Waals surface area contributed by atoms with E-state index in [-0.39, 0.29) is 12.1 Å². The molecule has 6 heteroatoms. The van der Waals surface area contributed by atoms with Crippen LogP contribution in [0.15, 0.2) is 81.8 Å². The van der Waals surface area contributed by atoms with Crippen LogP contribution in [0.5, 0.6) is 0 Å². The van der Waals surface area contributed by atoms with Gasteiger partial charge in [0.2, 0.25) is 11.8 Å². The first-order valence-corrected chi connectivity index (χ1v) is 9.02. The quantitative estimate of drug-likeness (QED) is 0.484. The molecule has 4 aromatic rings. The molecule has 27 heavy (non-hydrogen) atoms. The average Bonchev–Trinajstić information content (AvgIpc) is 3.39. The monoisotopic (exact) mass is 379 g/mol. The predicted molar refractivity (Wildman–Crippen MR) is 103 cm³/mol. The molecule has 0 aliphatic carbocycles. The number of benzene rings is 2. The minimum atomic E-state index is -0.180. The lowest BCUT2D eigenvalue weighted by Gasteiger charge is -2.20. The zero-order chi connectivity index (χ0) is 18.6. The first-order chi connectivity index (χ1) is 13.2. The van der Waals surface area contributed by atoms with Gasteiger partial charge in [-0.1, -0.05) is 48.0 Å². The molecule has 2 heterocycles. The zero-order valence-electron chi connectivity index (χ0n) is 14.7. The maximum atomic E-state index is 6.05. The van der Waals surface area contributed by atoms with Gasteiger partial charge >= 0.3 is 0 Å². The summed E-state index contributed by atoms with van der Waals surface area (Å²) < 4.78 is 11.5. The Bertz CT molecular complexity index is 999. The molecule has 0 saturated carbocycles. The predicted octanol–water partition coefficient (Wildman–Crippen LogP) is 5.42. The van der Waals surface area contributed by atoms with Crippen molar-refractivity contribution in [2.75, 3.05) is 0 Å². The lowest BCUT2D eigenvalue weighted by atomic mass is 10.0. The first kappa shape index (κ1) is 17.5. The fraction of sp³-hybridized carbons (Fsp3) is 0.143. The number of hydrogen-bond donors (Lipinski definition) is 1. The Kier molecular flexibility index (Phi) is 5.05. The summed E-state index contributed by atoms with van der Waals surface area (Å²) >= 11 is 6.05. The highest BCUT2D eigenvalue weighted by atomic mass is 35.5. The Labute approximate surface area is 162 Å². The van der Waals surface area contributed by atoms with Gasteiger partial charge in [0.05, 0.1) is 18.3 Å². The number of hydrogen-bond acceptors (Lipinski definition) is 5. The van der Waals surface area contributed by atoms with Crippen molar-refractivity contribution in [2.24, 2.45) is 0 Å². The molecule has 4 rings (SSSR count). The van der Waals surface area contributed by atoms with Crippen LogP contribution < -0.4 is 5.32 Å². The molecule has 2 atom stereocenters. The van der Waals surface area contributed by atoms with Gasteiger partial charge in [-0.25, -0.2) is 0 Å². The van der Waals surface area contributed by atoms with Crippen LogP contribution >= 0.6 is 11.6 Å². The van der Waals surface area contributed by atoms with Crippen molar-refractivity contribution in [2.45, 2.75) is 19.0 Å². The molecule has 0 amide bonds. The van der Waals surface area contributed by atoms with Gasteiger partial charge in [-0.3, -0.25) is 5.32 Å². The Hall–Kier alpha value is -2.89. The van der Waals surface area contributed by atoms with E-state index < -0.39 is 0 Å². The van der Waals surface area contributed by atoms with Crippen LogP contribution in [0.25, 0.3) is 11.5 Å². The average molecular weight is 380 g/mol. The van der Waals surface area contributed by atoms with Crippen molar-refractivity contribution in [1.29, 1.82) is 0 Å². The lowest BCUT2D eigenvalue weighted by molar-refractivity contribution is 0.372. The normalized spacial score (nSPS) is 13.4. The van der Waals surface area contributed by atoms with E-state index in [1.807, 2.05) is 49.4 Å². The number of aromatic nitrogens is 2. The molecule has 0 saturated heterocycles. The van der Waals surface area contributed by atoms with E-state index >= 15 is 0 Å². The third kappa shape index (κ3) is 3.94. The molecule has 2 aromatic heterocycles. The molecule has 0 radical (unpaired) electrons. The van der Waals surface area contributed by atoms with Crippen LogP contribution in [-0.4, -0.2) is 10.2 Å². The summed E-state index contributed by atoms with van der Waals surface area (Å²) in [5.41, 5.74) is 1.88. The molecular formula is C21H18ClN3O2. The standard InChI is InChI=1S/C21H18ClN3O2/c1-14(20-24-25-21(27-20)16-9-5-10-17(22)13-16)23-19(18-11-6-12-26-18)15-7-3-2-4-8-15/h2-14,19,23H,1H3/t14-,19-/m0/s1. The summed E-state index contributed by atoms with van der Waals surface area (Å²) in [6.07, 6.45) is 1.67. The fourth-order valence-electron chi connectivity index (χ4n) is 2.91. The Balaban J connectivity index is 1.58. The van der Waals surface area contributed by atoms with Gasteiger partial charge in [-0.2, -0.15) is 0 Å². The number of halogens is 1. The van der Waals surface area contributed by atoms with Gasteiger partial charge in [-0.05, 0) is 42.8 Å². The zero-order valence-corrected chi connectivity index (χ0v) is 15.4. The molecule has 0 bridgehead atoms. The summed E-state index contributed by atoms with van der Waals surface area (Å²) in [5.74, 6) is 1.76.